The molecule has 1 heterocycles. The molecule has 0 unspecified atom stereocenters. The smallest absolute Gasteiger partial charge is 0.216 e. The molecule has 0 spiro atoms. The van der Waals surface area contributed by atoms with Crippen LogP contribution in [0.1, 0.15) is 16.7 Å². The van der Waals surface area contributed by atoms with Crippen molar-refractivity contribution >= 4 is 20.9 Å². The summed E-state index contributed by atoms with van der Waals surface area (Å²) in [6.45, 7) is 2.17. The third-order valence-electron chi connectivity index (χ3n) is 4.37. The second-order valence-electron chi connectivity index (χ2n) is 6.16. The molecule has 2 aromatic carbocycles. The lowest BCUT2D eigenvalue weighted by molar-refractivity contribution is 0.415. The van der Waals surface area contributed by atoms with Crippen LogP contribution in [0.4, 0.5) is 0 Å². The van der Waals surface area contributed by atoms with Gasteiger partial charge in [0.15, 0.2) is 0 Å². The monoisotopic (exact) mass is 358 g/mol. The van der Waals surface area contributed by atoms with Gasteiger partial charge in [-0.25, -0.2) is 13.1 Å². The number of nitrogens with one attached hydrogen (secondary N) is 1. The van der Waals surface area contributed by atoms with Gasteiger partial charge in [-0.15, -0.1) is 0 Å². The quantitative estimate of drug-likeness (QED) is 0.736. The van der Waals surface area contributed by atoms with Gasteiger partial charge < -0.3 is 9.30 Å². The highest BCUT2D eigenvalue weighted by Gasteiger charge is 2.15. The first kappa shape index (κ1) is 17.5. The number of fused-ring (bicyclic) bond motifs is 1. The van der Waals surface area contributed by atoms with E-state index in [-0.39, 0.29) is 12.3 Å². The summed E-state index contributed by atoms with van der Waals surface area (Å²) < 4.78 is 34.9. The van der Waals surface area contributed by atoms with Crippen molar-refractivity contribution in [2.75, 3.05) is 7.11 Å². The molecular weight excluding hydrogens is 336 g/mol. The Morgan fingerprint density at radius 1 is 1.12 bits per heavy atom. The Morgan fingerprint density at radius 2 is 1.88 bits per heavy atom. The summed E-state index contributed by atoms with van der Waals surface area (Å²) in [7, 11) is 0.143. The molecular formula is C19H22N2O3S. The van der Waals surface area contributed by atoms with E-state index in [9.17, 15) is 8.42 Å². The van der Waals surface area contributed by atoms with Crippen molar-refractivity contribution in [3.05, 3.63) is 65.4 Å². The van der Waals surface area contributed by atoms with Gasteiger partial charge in [-0.05, 0) is 41.8 Å². The van der Waals surface area contributed by atoms with Crippen molar-refractivity contribution in [2.24, 2.45) is 7.05 Å². The molecule has 0 aliphatic rings. The van der Waals surface area contributed by atoms with Crippen LogP contribution in [0, 0.1) is 6.92 Å². The molecule has 0 aliphatic carbocycles. The zero-order valence-electron chi connectivity index (χ0n) is 14.6. The molecule has 0 amide bonds. The van der Waals surface area contributed by atoms with Crippen molar-refractivity contribution in [3.63, 3.8) is 0 Å². The lowest BCUT2D eigenvalue weighted by atomic mass is 10.1. The van der Waals surface area contributed by atoms with Crippen LogP contribution in [0.15, 0.2) is 48.7 Å². The third kappa shape index (κ3) is 3.86. The van der Waals surface area contributed by atoms with Crippen LogP contribution in [0.25, 0.3) is 10.9 Å². The lowest BCUT2D eigenvalue weighted by Gasteiger charge is -2.08. The molecule has 1 N–H and O–H groups in total. The van der Waals surface area contributed by atoms with Crippen LogP contribution >= 0.6 is 0 Å². The summed E-state index contributed by atoms with van der Waals surface area (Å²) in [6.07, 6.45) is 1.94. The zero-order chi connectivity index (χ0) is 18.0. The Kier molecular flexibility index (Phi) is 4.83. The highest BCUT2D eigenvalue weighted by Crippen LogP contribution is 2.25. The van der Waals surface area contributed by atoms with Gasteiger partial charge in [0.05, 0.1) is 12.9 Å². The van der Waals surface area contributed by atoms with Crippen molar-refractivity contribution in [1.82, 2.24) is 9.29 Å². The molecule has 0 bridgehead atoms. The van der Waals surface area contributed by atoms with Crippen molar-refractivity contribution in [3.8, 4) is 5.75 Å². The summed E-state index contributed by atoms with van der Waals surface area (Å²) >= 11 is 0. The van der Waals surface area contributed by atoms with Crippen molar-refractivity contribution < 1.29 is 13.2 Å². The van der Waals surface area contributed by atoms with E-state index in [1.165, 1.54) is 0 Å². The van der Waals surface area contributed by atoms with E-state index < -0.39 is 10.0 Å². The summed E-state index contributed by atoms with van der Waals surface area (Å²) in [5.74, 6) is 0.732. The van der Waals surface area contributed by atoms with Gasteiger partial charge >= 0.3 is 0 Å². The Labute approximate surface area is 148 Å². The topological polar surface area (TPSA) is 60.3 Å². The van der Waals surface area contributed by atoms with E-state index in [0.29, 0.717) is 0 Å². The molecule has 0 saturated carbocycles. The predicted molar refractivity (Wildman–Crippen MR) is 100 cm³/mol. The van der Waals surface area contributed by atoms with Gasteiger partial charge in [0.1, 0.15) is 5.75 Å². The first-order valence-electron chi connectivity index (χ1n) is 8.03. The number of aryl methyl sites for hydroxylation is 2. The first-order chi connectivity index (χ1) is 11.9. The van der Waals surface area contributed by atoms with Crippen LogP contribution in [-0.2, 0) is 29.4 Å². The summed E-state index contributed by atoms with van der Waals surface area (Å²) in [4.78, 5) is 0. The van der Waals surface area contributed by atoms with Gasteiger partial charge in [0, 0.05) is 30.7 Å². The molecule has 0 fully saturated rings. The van der Waals surface area contributed by atoms with Gasteiger partial charge in [-0.3, -0.25) is 0 Å². The van der Waals surface area contributed by atoms with E-state index in [1.54, 1.807) is 7.11 Å². The van der Waals surface area contributed by atoms with Crippen LogP contribution in [-0.4, -0.2) is 20.1 Å². The molecule has 0 aliphatic heterocycles. The number of aromatic nitrogens is 1. The van der Waals surface area contributed by atoms with Gasteiger partial charge in [0.25, 0.3) is 0 Å². The van der Waals surface area contributed by atoms with Crippen LogP contribution in [0.2, 0.25) is 0 Å². The van der Waals surface area contributed by atoms with Gasteiger partial charge in [-0.1, -0.05) is 24.3 Å². The normalized spacial score (nSPS) is 11.8. The second-order valence-corrected chi connectivity index (χ2v) is 7.96. The molecule has 0 saturated heterocycles. The maximum Gasteiger partial charge on any atom is 0.216 e. The first-order valence-corrected chi connectivity index (χ1v) is 9.68. The van der Waals surface area contributed by atoms with E-state index in [1.807, 2.05) is 67.2 Å². The summed E-state index contributed by atoms with van der Waals surface area (Å²) in [5, 5.41) is 0.987. The van der Waals surface area contributed by atoms with Crippen LogP contribution in [0.3, 0.4) is 0 Å². The molecule has 1 aromatic heterocycles. The highest BCUT2D eigenvalue weighted by molar-refractivity contribution is 7.88. The number of benzene rings is 2. The largest absolute Gasteiger partial charge is 0.497 e. The Balaban J connectivity index is 1.81. The maximum atomic E-state index is 12.4. The molecule has 0 atom stereocenters. The minimum Gasteiger partial charge on any atom is -0.497 e. The number of ether oxygens (including phenoxy) is 1. The molecule has 3 aromatic rings. The highest BCUT2D eigenvalue weighted by atomic mass is 32.2. The fraction of sp³-hybridized carbons (Fsp3) is 0.263. The lowest BCUT2D eigenvalue weighted by Crippen LogP contribution is -2.24. The number of sulfonamides is 1. The Bertz CT molecular complexity index is 1010. The molecule has 132 valence electrons. The minimum absolute atomic E-state index is 0.0201. The summed E-state index contributed by atoms with van der Waals surface area (Å²) in [5.41, 5.74) is 3.75. The van der Waals surface area contributed by atoms with E-state index in [2.05, 4.69) is 4.72 Å². The minimum atomic E-state index is -3.42. The molecule has 0 radical (unpaired) electrons. The summed E-state index contributed by atoms with van der Waals surface area (Å²) in [6, 6.07) is 13.3. The number of methoxy groups -OCH3 is 1. The van der Waals surface area contributed by atoms with Crippen molar-refractivity contribution in [1.29, 1.82) is 0 Å². The van der Waals surface area contributed by atoms with E-state index in [4.69, 9.17) is 4.74 Å². The molecule has 6 heteroatoms. The number of nitrogens with zero attached hydrogens (tertiary/aromatic N) is 1. The Hall–Kier alpha value is -2.31. The zero-order valence-corrected chi connectivity index (χ0v) is 15.4. The Morgan fingerprint density at radius 3 is 2.60 bits per heavy atom. The number of rotatable bonds is 6. The predicted octanol–water partition coefficient (Wildman–Crippen LogP) is 3.11. The van der Waals surface area contributed by atoms with Gasteiger partial charge in [-0.2, -0.15) is 0 Å². The average Bonchev–Trinajstić information content (AvgIpc) is 2.90. The third-order valence-corrected chi connectivity index (χ3v) is 5.64. The van der Waals surface area contributed by atoms with Crippen molar-refractivity contribution in [2.45, 2.75) is 19.2 Å². The fourth-order valence-corrected chi connectivity index (χ4v) is 4.15. The number of hydrogen-bond donors (Lipinski definition) is 1. The molecule has 25 heavy (non-hydrogen) atoms. The fourth-order valence-electron chi connectivity index (χ4n) is 2.94. The van der Waals surface area contributed by atoms with Crippen LogP contribution < -0.4 is 9.46 Å². The van der Waals surface area contributed by atoms with E-state index >= 15 is 0 Å². The average molecular weight is 358 g/mol. The van der Waals surface area contributed by atoms with Crippen LogP contribution in [0.5, 0.6) is 5.75 Å². The second kappa shape index (κ2) is 6.90. The van der Waals surface area contributed by atoms with E-state index in [0.717, 1.165) is 33.3 Å². The maximum absolute atomic E-state index is 12.4. The standard InChI is InChI=1S/C19H22N2O3S/c1-14-6-4-5-7-15(14)13-25(22,23)20-11-16-12-21(2)19-9-8-17(24-3)10-18(16)19/h4-10,12,20H,11,13H2,1-3H3. The SMILES string of the molecule is COc1ccc2c(c1)c(CNS(=O)(=O)Cc1ccccc1C)cn2C. The molecule has 5 nitrogen and oxygen atoms in total. The number of hydrogen-bond acceptors (Lipinski definition) is 3. The molecule has 3 rings (SSSR count). The van der Waals surface area contributed by atoms with Gasteiger partial charge in [0.2, 0.25) is 10.0 Å².